The minimum Gasteiger partial charge on any atom is -0.352 e. The molecule has 2 aliphatic rings. The fraction of sp³-hybridized carbons (Fsp3) is 0.533. The summed E-state index contributed by atoms with van der Waals surface area (Å²) in [5.74, 6) is 0.289. The lowest BCUT2D eigenvalue weighted by Crippen LogP contribution is -2.46. The SMILES string of the molecule is O=C(N[C@H]1CCCNC1)C1CCc2ccccc21. The zero-order valence-corrected chi connectivity index (χ0v) is 10.6. The van der Waals surface area contributed by atoms with Crippen molar-refractivity contribution >= 4 is 5.91 Å². The van der Waals surface area contributed by atoms with Gasteiger partial charge >= 0.3 is 0 Å². The molecule has 1 aliphatic heterocycles. The molecule has 1 aromatic carbocycles. The number of hydrogen-bond donors (Lipinski definition) is 2. The standard InChI is InChI=1S/C15H20N2O/c18-15(17-12-5-3-9-16-10-12)14-8-7-11-4-1-2-6-13(11)14/h1-2,4,6,12,14,16H,3,5,7-10H2,(H,17,18)/t12-,14?/m0/s1. The Morgan fingerprint density at radius 1 is 1.28 bits per heavy atom. The minimum atomic E-state index is 0.0723. The molecule has 0 saturated carbocycles. The molecule has 0 aromatic heterocycles. The van der Waals surface area contributed by atoms with E-state index in [4.69, 9.17) is 0 Å². The molecule has 1 amide bonds. The van der Waals surface area contributed by atoms with Gasteiger partial charge in [0.2, 0.25) is 5.91 Å². The molecule has 96 valence electrons. The van der Waals surface area contributed by atoms with E-state index in [0.29, 0.717) is 6.04 Å². The number of rotatable bonds is 2. The van der Waals surface area contributed by atoms with E-state index in [9.17, 15) is 4.79 Å². The Balaban J connectivity index is 1.67. The molecule has 0 radical (unpaired) electrons. The van der Waals surface area contributed by atoms with Gasteiger partial charge in [-0.15, -0.1) is 0 Å². The van der Waals surface area contributed by atoms with Gasteiger partial charge in [0.25, 0.3) is 0 Å². The van der Waals surface area contributed by atoms with Crippen molar-refractivity contribution in [2.75, 3.05) is 13.1 Å². The average molecular weight is 244 g/mol. The van der Waals surface area contributed by atoms with Crippen molar-refractivity contribution in [3.8, 4) is 0 Å². The second kappa shape index (κ2) is 5.11. The van der Waals surface area contributed by atoms with E-state index in [0.717, 1.165) is 38.8 Å². The summed E-state index contributed by atoms with van der Waals surface area (Å²) >= 11 is 0. The molecular formula is C15H20N2O. The molecule has 1 aromatic rings. The van der Waals surface area contributed by atoms with Crippen LogP contribution in [0.4, 0.5) is 0 Å². The monoisotopic (exact) mass is 244 g/mol. The van der Waals surface area contributed by atoms with Crippen LogP contribution in [0.1, 0.15) is 36.3 Å². The maximum absolute atomic E-state index is 12.3. The molecule has 1 fully saturated rings. The molecule has 0 spiro atoms. The molecule has 3 rings (SSSR count). The van der Waals surface area contributed by atoms with E-state index < -0.39 is 0 Å². The number of carbonyl (C=O) groups is 1. The van der Waals surface area contributed by atoms with Gasteiger partial charge in [-0.2, -0.15) is 0 Å². The summed E-state index contributed by atoms with van der Waals surface area (Å²) in [6.07, 6.45) is 4.27. The Morgan fingerprint density at radius 3 is 3.00 bits per heavy atom. The summed E-state index contributed by atoms with van der Waals surface area (Å²) in [6.45, 7) is 2.00. The predicted octanol–water partition coefficient (Wildman–Crippen LogP) is 1.58. The molecule has 1 aliphatic carbocycles. The molecule has 2 atom stereocenters. The lowest BCUT2D eigenvalue weighted by Gasteiger charge is -2.25. The number of piperidine rings is 1. The van der Waals surface area contributed by atoms with E-state index in [1.807, 2.05) is 6.07 Å². The summed E-state index contributed by atoms with van der Waals surface area (Å²) < 4.78 is 0. The summed E-state index contributed by atoms with van der Waals surface area (Å²) in [5.41, 5.74) is 2.58. The highest BCUT2D eigenvalue weighted by Gasteiger charge is 2.29. The van der Waals surface area contributed by atoms with E-state index >= 15 is 0 Å². The van der Waals surface area contributed by atoms with Crippen LogP contribution in [0.2, 0.25) is 0 Å². The molecule has 3 nitrogen and oxygen atoms in total. The first-order chi connectivity index (χ1) is 8.84. The lowest BCUT2D eigenvalue weighted by atomic mass is 9.99. The minimum absolute atomic E-state index is 0.0723. The van der Waals surface area contributed by atoms with Gasteiger partial charge in [0, 0.05) is 12.6 Å². The first-order valence-corrected chi connectivity index (χ1v) is 6.93. The zero-order valence-electron chi connectivity index (χ0n) is 10.6. The van der Waals surface area contributed by atoms with Crippen LogP contribution >= 0.6 is 0 Å². The molecule has 2 N–H and O–H groups in total. The Bertz CT molecular complexity index is 438. The Hall–Kier alpha value is -1.35. The maximum atomic E-state index is 12.3. The van der Waals surface area contributed by atoms with Crippen molar-refractivity contribution in [1.82, 2.24) is 10.6 Å². The van der Waals surface area contributed by atoms with Gasteiger partial charge in [0.05, 0.1) is 5.92 Å². The van der Waals surface area contributed by atoms with Crippen LogP contribution < -0.4 is 10.6 Å². The molecule has 1 heterocycles. The Kier molecular flexibility index (Phi) is 3.33. The van der Waals surface area contributed by atoms with E-state index in [1.54, 1.807) is 0 Å². The largest absolute Gasteiger partial charge is 0.352 e. The summed E-state index contributed by atoms with van der Waals surface area (Å²) in [7, 11) is 0. The van der Waals surface area contributed by atoms with Crippen LogP contribution in [-0.4, -0.2) is 25.0 Å². The van der Waals surface area contributed by atoms with Crippen molar-refractivity contribution in [3.63, 3.8) is 0 Å². The number of hydrogen-bond acceptors (Lipinski definition) is 2. The summed E-state index contributed by atoms with van der Waals surface area (Å²) in [5, 5.41) is 6.54. The molecule has 18 heavy (non-hydrogen) atoms. The third-order valence-corrected chi connectivity index (χ3v) is 4.09. The number of benzene rings is 1. The number of amides is 1. The van der Waals surface area contributed by atoms with Crippen LogP contribution in [0.5, 0.6) is 0 Å². The predicted molar refractivity (Wildman–Crippen MR) is 71.5 cm³/mol. The molecule has 0 bridgehead atoms. The maximum Gasteiger partial charge on any atom is 0.227 e. The van der Waals surface area contributed by atoms with E-state index in [1.165, 1.54) is 11.1 Å². The highest BCUT2D eigenvalue weighted by atomic mass is 16.1. The van der Waals surface area contributed by atoms with Crippen LogP contribution in [0, 0.1) is 0 Å². The molecule has 3 heteroatoms. The average Bonchev–Trinajstić information content (AvgIpc) is 2.84. The van der Waals surface area contributed by atoms with Crippen LogP contribution in [0.25, 0.3) is 0 Å². The van der Waals surface area contributed by atoms with Crippen molar-refractivity contribution in [3.05, 3.63) is 35.4 Å². The third-order valence-electron chi connectivity index (χ3n) is 4.09. The fourth-order valence-corrected chi connectivity index (χ4v) is 3.11. The van der Waals surface area contributed by atoms with Gasteiger partial charge in [-0.3, -0.25) is 4.79 Å². The highest BCUT2D eigenvalue weighted by molar-refractivity contribution is 5.85. The normalized spacial score (nSPS) is 26.7. The Labute approximate surface area is 108 Å². The number of fused-ring (bicyclic) bond motifs is 1. The second-order valence-electron chi connectivity index (χ2n) is 5.34. The number of aryl methyl sites for hydroxylation is 1. The topological polar surface area (TPSA) is 41.1 Å². The van der Waals surface area contributed by atoms with Gasteiger partial charge in [-0.1, -0.05) is 24.3 Å². The van der Waals surface area contributed by atoms with E-state index in [2.05, 4.69) is 28.8 Å². The molecule has 1 unspecified atom stereocenters. The quantitative estimate of drug-likeness (QED) is 0.829. The van der Waals surface area contributed by atoms with Gasteiger partial charge in [0.15, 0.2) is 0 Å². The smallest absolute Gasteiger partial charge is 0.227 e. The number of carbonyl (C=O) groups excluding carboxylic acids is 1. The van der Waals surface area contributed by atoms with Gasteiger partial charge < -0.3 is 10.6 Å². The lowest BCUT2D eigenvalue weighted by molar-refractivity contribution is -0.123. The van der Waals surface area contributed by atoms with Crippen LogP contribution in [0.15, 0.2) is 24.3 Å². The highest BCUT2D eigenvalue weighted by Crippen LogP contribution is 2.32. The van der Waals surface area contributed by atoms with E-state index in [-0.39, 0.29) is 11.8 Å². The summed E-state index contributed by atoms with van der Waals surface area (Å²) in [4.78, 5) is 12.3. The third kappa shape index (κ3) is 2.27. The van der Waals surface area contributed by atoms with Gasteiger partial charge in [-0.05, 0) is 43.4 Å². The van der Waals surface area contributed by atoms with Gasteiger partial charge in [0.1, 0.15) is 0 Å². The Morgan fingerprint density at radius 2 is 2.17 bits per heavy atom. The fourth-order valence-electron chi connectivity index (χ4n) is 3.11. The van der Waals surface area contributed by atoms with Crippen molar-refractivity contribution in [2.45, 2.75) is 37.6 Å². The van der Waals surface area contributed by atoms with Crippen LogP contribution in [0.3, 0.4) is 0 Å². The second-order valence-corrected chi connectivity index (χ2v) is 5.34. The molecular weight excluding hydrogens is 224 g/mol. The zero-order chi connectivity index (χ0) is 12.4. The van der Waals surface area contributed by atoms with Crippen molar-refractivity contribution in [1.29, 1.82) is 0 Å². The van der Waals surface area contributed by atoms with Crippen molar-refractivity contribution < 1.29 is 4.79 Å². The molecule has 1 saturated heterocycles. The first kappa shape index (κ1) is 11.7. The summed E-state index contributed by atoms with van der Waals surface area (Å²) in [6, 6.07) is 8.66. The van der Waals surface area contributed by atoms with Gasteiger partial charge in [-0.25, -0.2) is 0 Å². The van der Waals surface area contributed by atoms with Crippen molar-refractivity contribution in [2.24, 2.45) is 0 Å². The number of nitrogens with one attached hydrogen (secondary N) is 2. The van der Waals surface area contributed by atoms with Crippen LogP contribution in [-0.2, 0) is 11.2 Å². The first-order valence-electron chi connectivity index (χ1n) is 6.93.